The number of hydrogen-bond acceptors (Lipinski definition) is 5. The van der Waals surface area contributed by atoms with Crippen LogP contribution in [0.5, 0.6) is 11.5 Å². The monoisotopic (exact) mass is 401 g/mol. The van der Waals surface area contributed by atoms with E-state index in [0.717, 1.165) is 11.1 Å². The van der Waals surface area contributed by atoms with Crippen molar-refractivity contribution in [2.75, 3.05) is 12.1 Å². The summed E-state index contributed by atoms with van der Waals surface area (Å²) in [6.45, 7) is 2.16. The number of carbonyl (C=O) groups is 2. The van der Waals surface area contributed by atoms with E-state index in [9.17, 15) is 9.59 Å². The van der Waals surface area contributed by atoms with Crippen molar-refractivity contribution in [3.8, 4) is 11.5 Å². The minimum atomic E-state index is -0.390. The largest absolute Gasteiger partial charge is 0.454 e. The number of hydrazone groups is 1. The third-order valence-electron chi connectivity index (χ3n) is 4.47. The number of ether oxygens (including phenoxy) is 2. The third-order valence-corrected chi connectivity index (χ3v) is 4.47. The summed E-state index contributed by atoms with van der Waals surface area (Å²) in [5, 5.41) is 6.78. The summed E-state index contributed by atoms with van der Waals surface area (Å²) in [5.41, 5.74) is 5.76. The normalized spacial score (nSPS) is 12.0. The summed E-state index contributed by atoms with van der Waals surface area (Å²) in [6, 6.07) is 19.3. The van der Waals surface area contributed by atoms with E-state index in [4.69, 9.17) is 9.47 Å². The number of rotatable bonds is 5. The summed E-state index contributed by atoms with van der Waals surface area (Å²) in [7, 11) is 0. The predicted molar refractivity (Wildman–Crippen MR) is 113 cm³/mol. The van der Waals surface area contributed by atoms with Crippen molar-refractivity contribution in [2.45, 2.75) is 6.92 Å². The van der Waals surface area contributed by atoms with Crippen LogP contribution in [0.2, 0.25) is 0 Å². The smallest absolute Gasteiger partial charge is 0.271 e. The van der Waals surface area contributed by atoms with Crippen molar-refractivity contribution < 1.29 is 19.1 Å². The Kier molecular flexibility index (Phi) is 5.43. The van der Waals surface area contributed by atoms with Gasteiger partial charge in [0.05, 0.1) is 6.21 Å². The Morgan fingerprint density at radius 2 is 1.70 bits per heavy atom. The van der Waals surface area contributed by atoms with Crippen LogP contribution in [0.25, 0.3) is 0 Å². The first-order chi connectivity index (χ1) is 14.6. The first-order valence-electron chi connectivity index (χ1n) is 9.30. The van der Waals surface area contributed by atoms with Gasteiger partial charge in [0.1, 0.15) is 0 Å². The highest BCUT2D eigenvalue weighted by Crippen LogP contribution is 2.31. The zero-order chi connectivity index (χ0) is 20.9. The molecule has 0 radical (unpaired) electrons. The van der Waals surface area contributed by atoms with Gasteiger partial charge in [-0.25, -0.2) is 5.43 Å². The molecule has 0 atom stereocenters. The van der Waals surface area contributed by atoms with E-state index in [-0.39, 0.29) is 12.7 Å². The minimum absolute atomic E-state index is 0.198. The van der Waals surface area contributed by atoms with E-state index in [2.05, 4.69) is 15.8 Å². The predicted octanol–water partition coefficient (Wildman–Crippen LogP) is 3.74. The van der Waals surface area contributed by atoms with Crippen molar-refractivity contribution in [1.82, 2.24) is 5.43 Å². The standard InChI is InChI=1S/C23H19N3O4/c1-15-5-8-17(9-6-15)22(27)25-19-4-2-3-18(12-19)23(28)26-24-13-16-7-10-20-21(11-16)30-14-29-20/h2-13H,14H2,1H3,(H,25,27)(H,26,28)/b24-13+. The minimum Gasteiger partial charge on any atom is -0.454 e. The van der Waals surface area contributed by atoms with Gasteiger partial charge >= 0.3 is 0 Å². The van der Waals surface area contributed by atoms with Gasteiger partial charge in [0.2, 0.25) is 6.79 Å². The fourth-order valence-electron chi connectivity index (χ4n) is 2.87. The van der Waals surface area contributed by atoms with Crippen molar-refractivity contribution in [3.05, 3.63) is 89.0 Å². The SMILES string of the molecule is Cc1ccc(C(=O)Nc2cccc(C(=O)N/N=C/c3ccc4c(c3)OCO4)c2)cc1. The Labute approximate surface area is 173 Å². The van der Waals surface area contributed by atoms with Gasteiger partial charge in [-0.3, -0.25) is 9.59 Å². The zero-order valence-electron chi connectivity index (χ0n) is 16.2. The molecule has 0 aliphatic carbocycles. The van der Waals surface area contributed by atoms with Gasteiger partial charge in [-0.1, -0.05) is 23.8 Å². The quantitative estimate of drug-likeness (QED) is 0.504. The highest BCUT2D eigenvalue weighted by atomic mass is 16.7. The van der Waals surface area contributed by atoms with E-state index in [1.54, 1.807) is 48.5 Å². The number of carbonyl (C=O) groups excluding carboxylic acids is 2. The van der Waals surface area contributed by atoms with Crippen LogP contribution < -0.4 is 20.2 Å². The molecule has 0 saturated heterocycles. The molecule has 0 spiro atoms. The molecule has 4 rings (SSSR count). The average Bonchev–Trinajstić information content (AvgIpc) is 3.22. The second-order valence-electron chi connectivity index (χ2n) is 6.71. The summed E-state index contributed by atoms with van der Waals surface area (Å²) >= 11 is 0. The zero-order valence-corrected chi connectivity index (χ0v) is 16.2. The molecule has 1 aliphatic heterocycles. The van der Waals surface area contributed by atoms with Crippen LogP contribution in [-0.2, 0) is 0 Å². The molecule has 2 N–H and O–H groups in total. The fraction of sp³-hybridized carbons (Fsp3) is 0.0870. The molecule has 150 valence electrons. The molecular weight excluding hydrogens is 382 g/mol. The lowest BCUT2D eigenvalue weighted by molar-refractivity contribution is 0.0953. The van der Waals surface area contributed by atoms with Gasteiger partial charge in [0.15, 0.2) is 11.5 Å². The van der Waals surface area contributed by atoms with Gasteiger partial charge in [0.25, 0.3) is 11.8 Å². The topological polar surface area (TPSA) is 89.0 Å². The Balaban J connectivity index is 1.38. The molecule has 3 aromatic carbocycles. The Morgan fingerprint density at radius 1 is 0.900 bits per heavy atom. The third kappa shape index (κ3) is 4.47. The first kappa shape index (κ1) is 19.2. The van der Waals surface area contributed by atoms with Crippen molar-refractivity contribution >= 4 is 23.7 Å². The maximum Gasteiger partial charge on any atom is 0.271 e. The molecule has 1 aliphatic rings. The van der Waals surface area contributed by atoms with Gasteiger partial charge in [-0.15, -0.1) is 0 Å². The highest BCUT2D eigenvalue weighted by Gasteiger charge is 2.13. The number of amides is 2. The van der Waals surface area contributed by atoms with E-state index >= 15 is 0 Å². The average molecular weight is 401 g/mol. The molecule has 0 fully saturated rings. The molecule has 0 bridgehead atoms. The molecule has 0 aromatic heterocycles. The number of aryl methyl sites for hydroxylation is 1. The Bertz CT molecular complexity index is 1120. The van der Waals surface area contributed by atoms with E-state index in [1.165, 1.54) is 6.21 Å². The number of benzene rings is 3. The van der Waals surface area contributed by atoms with Gasteiger partial charge in [0, 0.05) is 16.8 Å². The van der Waals surface area contributed by atoms with Gasteiger partial charge in [-0.2, -0.15) is 5.10 Å². The van der Waals surface area contributed by atoms with Gasteiger partial charge < -0.3 is 14.8 Å². The lowest BCUT2D eigenvalue weighted by atomic mass is 10.1. The Hall–Kier alpha value is -4.13. The summed E-state index contributed by atoms with van der Waals surface area (Å²) < 4.78 is 10.6. The maximum atomic E-state index is 12.4. The van der Waals surface area contributed by atoms with E-state index < -0.39 is 5.91 Å². The highest BCUT2D eigenvalue weighted by molar-refractivity contribution is 6.05. The number of fused-ring (bicyclic) bond motifs is 1. The van der Waals surface area contributed by atoms with Crippen LogP contribution in [0.15, 0.2) is 71.8 Å². The van der Waals surface area contributed by atoms with Crippen molar-refractivity contribution in [3.63, 3.8) is 0 Å². The first-order valence-corrected chi connectivity index (χ1v) is 9.30. The number of nitrogens with zero attached hydrogens (tertiary/aromatic N) is 1. The number of anilines is 1. The van der Waals surface area contributed by atoms with Crippen molar-refractivity contribution in [2.24, 2.45) is 5.10 Å². The number of hydrogen-bond donors (Lipinski definition) is 2. The number of nitrogens with one attached hydrogen (secondary N) is 2. The maximum absolute atomic E-state index is 12.4. The molecule has 2 amide bonds. The van der Waals surface area contributed by atoms with Crippen LogP contribution >= 0.6 is 0 Å². The lowest BCUT2D eigenvalue weighted by Gasteiger charge is -2.07. The van der Waals surface area contributed by atoms with E-state index in [1.807, 2.05) is 25.1 Å². The fourth-order valence-corrected chi connectivity index (χ4v) is 2.87. The van der Waals surface area contributed by atoms with E-state index in [0.29, 0.717) is 28.3 Å². The molecule has 3 aromatic rings. The van der Waals surface area contributed by atoms with Crippen LogP contribution in [-0.4, -0.2) is 24.8 Å². The molecule has 0 saturated carbocycles. The lowest BCUT2D eigenvalue weighted by Crippen LogP contribution is -2.18. The summed E-state index contributed by atoms with van der Waals surface area (Å²) in [5.74, 6) is 0.690. The van der Waals surface area contributed by atoms with Crippen LogP contribution in [0.4, 0.5) is 5.69 Å². The van der Waals surface area contributed by atoms with Crippen LogP contribution in [0.1, 0.15) is 31.8 Å². The Morgan fingerprint density at radius 3 is 2.53 bits per heavy atom. The summed E-state index contributed by atoms with van der Waals surface area (Å²) in [4.78, 5) is 24.7. The van der Waals surface area contributed by atoms with Crippen LogP contribution in [0, 0.1) is 6.92 Å². The molecule has 0 unspecified atom stereocenters. The van der Waals surface area contributed by atoms with Crippen molar-refractivity contribution in [1.29, 1.82) is 0 Å². The second-order valence-corrected chi connectivity index (χ2v) is 6.71. The van der Waals surface area contributed by atoms with Crippen LogP contribution in [0.3, 0.4) is 0 Å². The molecule has 7 heteroatoms. The molecular formula is C23H19N3O4. The summed E-state index contributed by atoms with van der Waals surface area (Å²) in [6.07, 6.45) is 1.52. The molecule has 30 heavy (non-hydrogen) atoms. The second kappa shape index (κ2) is 8.48. The molecule has 1 heterocycles. The van der Waals surface area contributed by atoms with Gasteiger partial charge in [-0.05, 0) is 61.0 Å². The molecule has 7 nitrogen and oxygen atoms in total.